The van der Waals surface area contributed by atoms with Crippen LogP contribution in [-0.4, -0.2) is 17.0 Å². The lowest BCUT2D eigenvalue weighted by molar-refractivity contribution is -0.145. The van der Waals surface area contributed by atoms with Crippen molar-refractivity contribution >= 4 is 17.6 Å². The summed E-state index contributed by atoms with van der Waals surface area (Å²) in [4.78, 5) is 24.0. The molecule has 1 unspecified atom stereocenters. The third-order valence-corrected chi connectivity index (χ3v) is 4.55. The van der Waals surface area contributed by atoms with Crippen molar-refractivity contribution in [3.63, 3.8) is 0 Å². The Bertz CT molecular complexity index is 981. The summed E-state index contributed by atoms with van der Waals surface area (Å²) in [6, 6.07) is 20.9. The van der Waals surface area contributed by atoms with Crippen molar-refractivity contribution in [1.29, 1.82) is 0 Å². The Hall–Kier alpha value is -3.60. The van der Waals surface area contributed by atoms with E-state index in [0.29, 0.717) is 16.9 Å². The number of carboxylic acids is 1. The molecule has 2 N–H and O–H groups in total. The second-order valence-electron chi connectivity index (χ2n) is 6.47. The van der Waals surface area contributed by atoms with Gasteiger partial charge in [0.15, 0.2) is 0 Å². The predicted molar refractivity (Wildman–Crippen MR) is 108 cm³/mol. The minimum Gasteiger partial charge on any atom is -0.478 e. The van der Waals surface area contributed by atoms with Gasteiger partial charge >= 0.3 is 5.97 Å². The van der Waals surface area contributed by atoms with Crippen molar-refractivity contribution in [3.8, 4) is 5.75 Å². The quantitative estimate of drug-likeness (QED) is 0.651. The smallest absolute Gasteiger partial charge is 0.349 e. The van der Waals surface area contributed by atoms with E-state index >= 15 is 0 Å². The zero-order chi connectivity index (χ0) is 20.1. The largest absolute Gasteiger partial charge is 0.478 e. The summed E-state index contributed by atoms with van der Waals surface area (Å²) in [6.45, 7) is 3.94. The maximum atomic E-state index is 12.5. The van der Waals surface area contributed by atoms with Crippen LogP contribution in [0, 0.1) is 13.8 Å². The molecule has 0 aliphatic heterocycles. The molecule has 0 aromatic heterocycles. The Morgan fingerprint density at radius 3 is 2.21 bits per heavy atom. The first-order chi connectivity index (χ1) is 13.5. The first-order valence-electron chi connectivity index (χ1n) is 8.88. The third-order valence-electron chi connectivity index (χ3n) is 4.55. The van der Waals surface area contributed by atoms with Crippen LogP contribution in [0.2, 0.25) is 0 Å². The van der Waals surface area contributed by atoms with Crippen molar-refractivity contribution in [2.24, 2.45) is 0 Å². The molecule has 5 heteroatoms. The van der Waals surface area contributed by atoms with Crippen LogP contribution in [0.25, 0.3) is 0 Å². The molecule has 3 aromatic carbocycles. The van der Waals surface area contributed by atoms with Crippen molar-refractivity contribution in [2.75, 3.05) is 5.32 Å². The molecule has 142 valence electrons. The van der Waals surface area contributed by atoms with Crippen LogP contribution >= 0.6 is 0 Å². The molecule has 0 aliphatic rings. The van der Waals surface area contributed by atoms with Crippen molar-refractivity contribution in [1.82, 2.24) is 0 Å². The maximum absolute atomic E-state index is 12.5. The van der Waals surface area contributed by atoms with Gasteiger partial charge in [-0.2, -0.15) is 0 Å². The van der Waals surface area contributed by atoms with Gasteiger partial charge in [-0.05, 0) is 55.3 Å². The standard InChI is InChI=1S/C23H21NO4/c1-15-7-6-10-20(16(15)2)24-22(25)18-11-13-19(14-12-18)28-21(23(26)27)17-8-4-3-5-9-17/h3-14,21H,1-2H3,(H,24,25)(H,26,27). The minimum absolute atomic E-state index is 0.238. The van der Waals surface area contributed by atoms with Gasteiger partial charge in [0.1, 0.15) is 5.75 Å². The van der Waals surface area contributed by atoms with E-state index in [1.54, 1.807) is 48.5 Å². The molecule has 0 fully saturated rings. The Kier molecular flexibility index (Phi) is 5.75. The molecule has 1 amide bonds. The van der Waals surface area contributed by atoms with E-state index in [1.165, 1.54) is 0 Å². The van der Waals surface area contributed by atoms with Crippen molar-refractivity contribution in [3.05, 3.63) is 95.1 Å². The molecule has 3 aromatic rings. The Labute approximate surface area is 163 Å². The van der Waals surface area contributed by atoms with Gasteiger partial charge in [-0.1, -0.05) is 42.5 Å². The number of benzene rings is 3. The summed E-state index contributed by atoms with van der Waals surface area (Å²) < 4.78 is 5.62. The predicted octanol–water partition coefficient (Wildman–Crippen LogP) is 4.76. The monoisotopic (exact) mass is 375 g/mol. The van der Waals surface area contributed by atoms with E-state index in [1.807, 2.05) is 38.1 Å². The molecule has 1 atom stereocenters. The highest BCUT2D eigenvalue weighted by Crippen LogP contribution is 2.24. The Morgan fingerprint density at radius 1 is 0.893 bits per heavy atom. The number of hydrogen-bond acceptors (Lipinski definition) is 3. The summed E-state index contributed by atoms with van der Waals surface area (Å²) in [5.74, 6) is -0.944. The number of carboxylic acid groups (broad SMARTS) is 1. The normalized spacial score (nSPS) is 11.5. The highest BCUT2D eigenvalue weighted by molar-refractivity contribution is 6.04. The van der Waals surface area contributed by atoms with E-state index in [2.05, 4.69) is 5.32 Å². The number of anilines is 1. The molecule has 5 nitrogen and oxygen atoms in total. The molecule has 28 heavy (non-hydrogen) atoms. The summed E-state index contributed by atoms with van der Waals surface area (Å²) in [5, 5.41) is 12.4. The number of aliphatic carboxylic acids is 1. The van der Waals surface area contributed by atoms with Gasteiger partial charge in [-0.3, -0.25) is 4.79 Å². The number of amides is 1. The average molecular weight is 375 g/mol. The van der Waals surface area contributed by atoms with Crippen molar-refractivity contribution < 1.29 is 19.4 Å². The van der Waals surface area contributed by atoms with Crippen LogP contribution in [0.15, 0.2) is 72.8 Å². The highest BCUT2D eigenvalue weighted by Gasteiger charge is 2.21. The fraction of sp³-hybridized carbons (Fsp3) is 0.130. The molecular formula is C23H21NO4. The second kappa shape index (κ2) is 8.39. The zero-order valence-electron chi connectivity index (χ0n) is 15.7. The van der Waals surface area contributed by atoms with Crippen LogP contribution in [0.1, 0.15) is 33.2 Å². The molecule has 0 aliphatic carbocycles. The van der Waals surface area contributed by atoms with Gasteiger partial charge < -0.3 is 15.2 Å². The summed E-state index contributed by atoms with van der Waals surface area (Å²) in [7, 11) is 0. The Morgan fingerprint density at radius 2 is 1.57 bits per heavy atom. The van der Waals surface area contributed by atoms with Crippen LogP contribution < -0.4 is 10.1 Å². The lowest BCUT2D eigenvalue weighted by Crippen LogP contribution is -2.18. The topological polar surface area (TPSA) is 75.6 Å². The van der Waals surface area contributed by atoms with E-state index in [4.69, 9.17) is 4.74 Å². The third kappa shape index (κ3) is 4.38. The molecule has 0 heterocycles. The van der Waals surface area contributed by atoms with Gasteiger partial charge in [-0.15, -0.1) is 0 Å². The van der Waals surface area contributed by atoms with Crippen LogP contribution in [0.5, 0.6) is 5.75 Å². The number of aryl methyl sites for hydroxylation is 1. The molecule has 0 saturated heterocycles. The molecular weight excluding hydrogens is 354 g/mol. The molecule has 0 bridgehead atoms. The Balaban J connectivity index is 1.73. The van der Waals surface area contributed by atoms with Crippen LogP contribution in [0.3, 0.4) is 0 Å². The van der Waals surface area contributed by atoms with Crippen LogP contribution in [0.4, 0.5) is 5.69 Å². The van der Waals surface area contributed by atoms with Gasteiger partial charge in [0.05, 0.1) is 0 Å². The van der Waals surface area contributed by atoms with E-state index < -0.39 is 12.1 Å². The van der Waals surface area contributed by atoms with Gasteiger partial charge in [0.25, 0.3) is 5.91 Å². The van der Waals surface area contributed by atoms with E-state index in [9.17, 15) is 14.7 Å². The number of carbonyl (C=O) groups is 2. The summed E-state index contributed by atoms with van der Waals surface area (Å²) >= 11 is 0. The van der Waals surface area contributed by atoms with Gasteiger partial charge in [-0.25, -0.2) is 4.79 Å². The SMILES string of the molecule is Cc1cccc(NC(=O)c2ccc(OC(C(=O)O)c3ccccc3)cc2)c1C. The second-order valence-corrected chi connectivity index (χ2v) is 6.47. The first-order valence-corrected chi connectivity index (χ1v) is 8.88. The average Bonchev–Trinajstić information content (AvgIpc) is 2.70. The van der Waals surface area contributed by atoms with Crippen LogP contribution in [-0.2, 0) is 4.79 Å². The lowest BCUT2D eigenvalue weighted by atomic mass is 10.1. The fourth-order valence-corrected chi connectivity index (χ4v) is 2.79. The lowest BCUT2D eigenvalue weighted by Gasteiger charge is -2.16. The maximum Gasteiger partial charge on any atom is 0.349 e. The highest BCUT2D eigenvalue weighted by atomic mass is 16.5. The number of ether oxygens (including phenoxy) is 1. The summed E-state index contributed by atoms with van der Waals surface area (Å²) in [6.07, 6.45) is -1.11. The number of carbonyl (C=O) groups excluding carboxylic acids is 1. The number of hydrogen-bond donors (Lipinski definition) is 2. The molecule has 0 saturated carbocycles. The molecule has 3 rings (SSSR count). The first kappa shape index (κ1) is 19.2. The van der Waals surface area contributed by atoms with Gasteiger partial charge in [0, 0.05) is 16.8 Å². The fourth-order valence-electron chi connectivity index (χ4n) is 2.79. The number of nitrogens with one attached hydrogen (secondary N) is 1. The zero-order valence-corrected chi connectivity index (χ0v) is 15.7. The number of rotatable bonds is 6. The van der Waals surface area contributed by atoms with E-state index in [0.717, 1.165) is 16.8 Å². The molecule has 0 spiro atoms. The van der Waals surface area contributed by atoms with E-state index in [-0.39, 0.29) is 5.91 Å². The van der Waals surface area contributed by atoms with Gasteiger partial charge in [0.2, 0.25) is 6.10 Å². The van der Waals surface area contributed by atoms with Crippen molar-refractivity contribution in [2.45, 2.75) is 20.0 Å². The minimum atomic E-state index is -1.11. The molecule has 0 radical (unpaired) electrons. The summed E-state index contributed by atoms with van der Waals surface area (Å²) in [5.41, 5.74) is 3.89.